The van der Waals surface area contributed by atoms with E-state index in [-0.39, 0.29) is 53.4 Å². The van der Waals surface area contributed by atoms with Crippen LogP contribution in [0.2, 0.25) is 0 Å². The maximum Gasteiger partial charge on any atom is 2.00 e. The summed E-state index contributed by atoms with van der Waals surface area (Å²) in [5, 5.41) is 0. The standard InChI is InChI=1S/Al.FH.Mg.H2O.5H/h;1H;;1H2;;;;;/q;;+2;;;;;2*-1. The van der Waals surface area contributed by atoms with Crippen molar-refractivity contribution in [2.24, 2.45) is 0 Å². The first kappa shape index (κ1) is 64.4. The van der Waals surface area contributed by atoms with Gasteiger partial charge < -0.3 is 8.33 Å². The van der Waals surface area contributed by atoms with Crippen molar-refractivity contribution in [2.45, 2.75) is 0 Å². The molecule has 0 aromatic rings. The van der Waals surface area contributed by atoms with E-state index in [0.717, 1.165) is 0 Å². The maximum atomic E-state index is 0. The first-order valence-electron chi connectivity index (χ1n) is 0. The molecule has 4 heteroatoms. The Labute approximate surface area is 53.7 Å². The second-order valence-corrected chi connectivity index (χ2v) is 0. The monoisotopic (exact) mass is 94.0 g/mol. The predicted octanol–water partition coefficient (Wildman–Crippen LogP) is -2.01. The van der Waals surface area contributed by atoms with Crippen LogP contribution in [0, 0.1) is 0 Å². The summed E-state index contributed by atoms with van der Waals surface area (Å²) in [4.78, 5) is 0. The summed E-state index contributed by atoms with van der Waals surface area (Å²) in [5.74, 6) is 0. The van der Waals surface area contributed by atoms with E-state index in [1.54, 1.807) is 0 Å². The van der Waals surface area contributed by atoms with Crippen LogP contribution >= 0.6 is 0 Å². The first-order valence-corrected chi connectivity index (χ1v) is 0. The molecule has 1 nitrogen and oxygen atoms in total. The number of halogens is 1. The van der Waals surface area contributed by atoms with Crippen LogP contribution in [0.15, 0.2) is 0 Å². The van der Waals surface area contributed by atoms with Crippen LogP contribution in [-0.4, -0.2) is 45.9 Å². The van der Waals surface area contributed by atoms with E-state index in [4.69, 9.17) is 0 Å². The molecule has 2 N–H and O–H groups in total. The van der Waals surface area contributed by atoms with Crippen LogP contribution in [0.1, 0.15) is 2.85 Å². The quantitative estimate of drug-likeness (QED) is 0.311. The Balaban J connectivity index is 0. The summed E-state index contributed by atoms with van der Waals surface area (Å²) in [7, 11) is 0. The molecule has 0 saturated carbocycles. The molecule has 0 aromatic heterocycles. The second-order valence-electron chi connectivity index (χ2n) is 0. The van der Waals surface area contributed by atoms with E-state index >= 15 is 0 Å². The van der Waals surface area contributed by atoms with Crippen LogP contribution in [0.3, 0.4) is 0 Å². The Kier molecular flexibility index (Phi) is 485. The third-order valence-electron chi connectivity index (χ3n) is 0. The number of hydrogen-bond donors (Lipinski definition) is 0. The summed E-state index contributed by atoms with van der Waals surface area (Å²) in [6, 6.07) is 0. The molecule has 0 radical (unpaired) electrons. The molecule has 0 amide bonds. The smallest absolute Gasteiger partial charge is 1.00 e. The van der Waals surface area contributed by atoms with Gasteiger partial charge in [0, 0.05) is 0 Å². The zero-order chi connectivity index (χ0) is 0. The number of hydrogen-bond acceptors (Lipinski definition) is 0. The molecule has 0 unspecified atom stereocenters. The molecule has 0 saturated heterocycles. The minimum atomic E-state index is 0. The molecule has 0 aliphatic heterocycles. The minimum absolute atomic E-state index is 0. The third-order valence-corrected chi connectivity index (χ3v) is 0. The minimum Gasteiger partial charge on any atom is -1.00 e. The molecule has 4 heavy (non-hydrogen) atoms. The topological polar surface area (TPSA) is 31.5 Å². The van der Waals surface area contributed by atoms with Crippen LogP contribution in [-0.2, 0) is 0 Å². The van der Waals surface area contributed by atoms with Gasteiger partial charge in [-0.1, -0.05) is 0 Å². The summed E-state index contributed by atoms with van der Waals surface area (Å²) in [5.41, 5.74) is 0. The van der Waals surface area contributed by atoms with Crippen molar-refractivity contribution in [3.8, 4) is 0 Å². The Morgan fingerprint density at radius 2 is 1.25 bits per heavy atom. The average molecular weight is 94.3 g/mol. The number of rotatable bonds is 0. The normalized spacial score (nSPS) is 0. The fourth-order valence-electron chi connectivity index (χ4n) is 0. The van der Waals surface area contributed by atoms with Gasteiger partial charge >= 0.3 is 23.1 Å². The molecule has 0 heterocycles. The molecule has 0 bridgehead atoms. The van der Waals surface area contributed by atoms with Gasteiger partial charge in [0.2, 0.25) is 0 Å². The summed E-state index contributed by atoms with van der Waals surface area (Å²) >= 11 is 0. The Morgan fingerprint density at radius 1 is 1.25 bits per heavy atom. The van der Waals surface area contributed by atoms with Gasteiger partial charge in [0.15, 0.2) is 17.4 Å². The molecular weight excluding hydrogens is 86.3 g/mol. The van der Waals surface area contributed by atoms with Gasteiger partial charge in [-0.3, -0.25) is 4.70 Å². The van der Waals surface area contributed by atoms with Crippen LogP contribution in [0.4, 0.5) is 4.70 Å². The van der Waals surface area contributed by atoms with Crippen molar-refractivity contribution in [3.05, 3.63) is 0 Å². The van der Waals surface area contributed by atoms with E-state index < -0.39 is 0 Å². The SMILES string of the molecule is F.O.[AlH3].[H-].[H-].[Mg+2]. The van der Waals surface area contributed by atoms with Crippen LogP contribution < -0.4 is 0 Å². The van der Waals surface area contributed by atoms with Gasteiger partial charge in [0.1, 0.15) is 0 Å². The maximum absolute atomic E-state index is 0. The van der Waals surface area contributed by atoms with Gasteiger partial charge in [-0.15, -0.1) is 0 Å². The van der Waals surface area contributed by atoms with E-state index in [1.165, 1.54) is 0 Å². The van der Waals surface area contributed by atoms with Gasteiger partial charge in [0.25, 0.3) is 0 Å². The predicted molar refractivity (Wildman–Crippen MR) is 24.0 cm³/mol. The summed E-state index contributed by atoms with van der Waals surface area (Å²) < 4.78 is 0. The third kappa shape index (κ3) is 10.8. The summed E-state index contributed by atoms with van der Waals surface area (Å²) in [6.07, 6.45) is 0. The van der Waals surface area contributed by atoms with Crippen molar-refractivity contribution in [1.82, 2.24) is 0 Å². The molecule has 0 spiro atoms. The van der Waals surface area contributed by atoms with E-state index in [9.17, 15) is 0 Å². The van der Waals surface area contributed by atoms with E-state index in [0.29, 0.717) is 0 Å². The zero-order valence-corrected chi connectivity index (χ0v) is 3.03. The van der Waals surface area contributed by atoms with Gasteiger partial charge in [-0.25, -0.2) is 0 Å². The summed E-state index contributed by atoms with van der Waals surface area (Å²) in [6.45, 7) is 0. The van der Waals surface area contributed by atoms with Crippen molar-refractivity contribution in [1.29, 1.82) is 0 Å². The first-order chi connectivity index (χ1) is 0. The second kappa shape index (κ2) is 30.1. The van der Waals surface area contributed by atoms with Crippen molar-refractivity contribution in [2.75, 3.05) is 0 Å². The molecule has 0 atom stereocenters. The largest absolute Gasteiger partial charge is 2.00 e. The molecule has 0 rings (SSSR count). The van der Waals surface area contributed by atoms with Crippen molar-refractivity contribution >= 4 is 40.4 Å². The molecular formula is H8AlFMgO. The average Bonchev–Trinajstić information content (AvgIpc) is 0. The van der Waals surface area contributed by atoms with Crippen molar-refractivity contribution < 1.29 is 13.0 Å². The van der Waals surface area contributed by atoms with Gasteiger partial charge in [0.05, 0.1) is 0 Å². The van der Waals surface area contributed by atoms with Crippen LogP contribution in [0.25, 0.3) is 0 Å². The molecule has 0 aliphatic rings. The molecule has 0 fully saturated rings. The van der Waals surface area contributed by atoms with E-state index in [2.05, 4.69) is 0 Å². The van der Waals surface area contributed by atoms with Crippen LogP contribution in [0.5, 0.6) is 0 Å². The molecule has 0 aliphatic carbocycles. The van der Waals surface area contributed by atoms with E-state index in [1.807, 2.05) is 0 Å². The fraction of sp³-hybridized carbons (Fsp3) is 0. The van der Waals surface area contributed by atoms with Gasteiger partial charge in [-0.2, -0.15) is 0 Å². The molecule has 0 aromatic carbocycles. The van der Waals surface area contributed by atoms with Gasteiger partial charge in [-0.05, 0) is 0 Å². The molecule has 26 valence electrons. The Morgan fingerprint density at radius 3 is 1.25 bits per heavy atom. The Bertz CT molecular complexity index is 13.5. The fourth-order valence-corrected chi connectivity index (χ4v) is 0. The van der Waals surface area contributed by atoms with Crippen molar-refractivity contribution in [3.63, 3.8) is 0 Å². The Hall–Kier alpha value is 1.19. The zero-order valence-electron chi connectivity index (χ0n) is 3.62.